The highest BCUT2D eigenvalue weighted by Gasteiger charge is 2.21. The minimum atomic E-state index is -0.178. The molecule has 1 fully saturated rings. The first-order chi connectivity index (χ1) is 7.11. The van der Waals surface area contributed by atoms with Gasteiger partial charge in [-0.3, -0.25) is 9.69 Å². The monoisotopic (exact) mass is 216 g/mol. The van der Waals surface area contributed by atoms with Crippen molar-refractivity contribution in [1.29, 1.82) is 0 Å². The number of morpholine rings is 1. The molecule has 1 saturated heterocycles. The summed E-state index contributed by atoms with van der Waals surface area (Å²) >= 11 is 0. The van der Waals surface area contributed by atoms with Crippen LogP contribution in [0.1, 0.15) is 13.8 Å². The van der Waals surface area contributed by atoms with Gasteiger partial charge in [-0.1, -0.05) is 0 Å². The van der Waals surface area contributed by atoms with Gasteiger partial charge in [0.2, 0.25) is 0 Å². The average molecular weight is 216 g/mol. The van der Waals surface area contributed by atoms with Gasteiger partial charge in [0.15, 0.2) is 0 Å². The summed E-state index contributed by atoms with van der Waals surface area (Å²) in [5.41, 5.74) is 5.51. The first-order valence-electron chi connectivity index (χ1n) is 5.35. The zero-order chi connectivity index (χ0) is 11.3. The van der Waals surface area contributed by atoms with E-state index in [2.05, 4.69) is 0 Å². The molecule has 0 aromatic carbocycles. The van der Waals surface area contributed by atoms with Crippen LogP contribution >= 0.6 is 0 Å². The second-order valence-electron chi connectivity index (χ2n) is 4.00. The molecule has 0 aromatic heterocycles. The molecule has 1 aliphatic rings. The third kappa shape index (κ3) is 4.59. The number of ether oxygens (including phenoxy) is 2. The number of nitrogens with zero attached hydrogens (tertiary/aromatic N) is 1. The van der Waals surface area contributed by atoms with Gasteiger partial charge in [0.1, 0.15) is 0 Å². The Morgan fingerprint density at radius 1 is 1.67 bits per heavy atom. The van der Waals surface area contributed by atoms with Gasteiger partial charge in [0.25, 0.3) is 0 Å². The smallest absolute Gasteiger partial charge is 0.320 e. The third-order valence-corrected chi connectivity index (χ3v) is 2.21. The van der Waals surface area contributed by atoms with E-state index in [9.17, 15) is 4.79 Å². The molecule has 5 nitrogen and oxygen atoms in total. The zero-order valence-electron chi connectivity index (χ0n) is 9.44. The maximum absolute atomic E-state index is 11.4. The van der Waals surface area contributed by atoms with Crippen LogP contribution in [0.5, 0.6) is 0 Å². The van der Waals surface area contributed by atoms with Crippen LogP contribution in [0.15, 0.2) is 0 Å². The predicted molar refractivity (Wildman–Crippen MR) is 56.5 cm³/mol. The molecule has 1 heterocycles. The van der Waals surface area contributed by atoms with E-state index in [0.29, 0.717) is 26.2 Å². The van der Waals surface area contributed by atoms with E-state index in [4.69, 9.17) is 15.2 Å². The maximum atomic E-state index is 11.4. The molecule has 0 aliphatic carbocycles. The molecule has 88 valence electrons. The summed E-state index contributed by atoms with van der Waals surface area (Å²) in [5.74, 6) is -0.178. The molecule has 1 rings (SSSR count). The Morgan fingerprint density at radius 2 is 2.40 bits per heavy atom. The highest BCUT2D eigenvalue weighted by molar-refractivity contribution is 5.71. The highest BCUT2D eigenvalue weighted by atomic mass is 16.5. The number of esters is 1. The summed E-state index contributed by atoms with van der Waals surface area (Å²) < 4.78 is 10.5. The molecule has 1 aliphatic heterocycles. The van der Waals surface area contributed by atoms with E-state index in [0.717, 1.165) is 6.54 Å². The lowest BCUT2D eigenvalue weighted by Gasteiger charge is -2.31. The fourth-order valence-corrected chi connectivity index (χ4v) is 1.55. The normalized spacial score (nSPS) is 23.1. The van der Waals surface area contributed by atoms with Crippen molar-refractivity contribution in [3.05, 3.63) is 0 Å². The molecule has 0 radical (unpaired) electrons. The predicted octanol–water partition coefficient (Wildman–Crippen LogP) is -0.402. The summed E-state index contributed by atoms with van der Waals surface area (Å²) in [4.78, 5) is 13.4. The molecule has 0 spiro atoms. The summed E-state index contributed by atoms with van der Waals surface area (Å²) in [6.07, 6.45) is -0.00514. The Balaban J connectivity index is 2.28. The van der Waals surface area contributed by atoms with Gasteiger partial charge < -0.3 is 15.2 Å². The Labute approximate surface area is 90.5 Å². The summed E-state index contributed by atoms with van der Waals surface area (Å²) in [5, 5.41) is 0. The summed E-state index contributed by atoms with van der Waals surface area (Å²) in [6.45, 7) is 6.64. The average Bonchev–Trinajstić information content (AvgIpc) is 2.16. The Morgan fingerprint density at radius 3 is 3.00 bits per heavy atom. The van der Waals surface area contributed by atoms with Crippen molar-refractivity contribution in [2.45, 2.75) is 26.1 Å². The summed E-state index contributed by atoms with van der Waals surface area (Å²) in [6, 6.07) is 0. The molecule has 0 saturated carbocycles. The van der Waals surface area contributed by atoms with Gasteiger partial charge in [0, 0.05) is 19.6 Å². The summed E-state index contributed by atoms with van der Waals surface area (Å²) in [7, 11) is 0. The lowest BCUT2D eigenvalue weighted by atomic mass is 10.3. The standard InChI is InChI=1S/C10H20N2O3/c1-8(2)15-10(13)7-12-3-4-14-9(5-11)6-12/h8-9H,3-7,11H2,1-2H3. The number of carbonyl (C=O) groups is 1. The molecule has 0 amide bonds. The van der Waals surface area contributed by atoms with Gasteiger partial charge in [-0.15, -0.1) is 0 Å². The number of hydrogen-bond donors (Lipinski definition) is 1. The van der Waals surface area contributed by atoms with E-state index in [-0.39, 0.29) is 18.2 Å². The van der Waals surface area contributed by atoms with Gasteiger partial charge >= 0.3 is 5.97 Å². The van der Waals surface area contributed by atoms with Crippen LogP contribution < -0.4 is 5.73 Å². The van der Waals surface area contributed by atoms with Crippen LogP contribution in [0.2, 0.25) is 0 Å². The van der Waals surface area contributed by atoms with Crippen LogP contribution in [0.25, 0.3) is 0 Å². The van der Waals surface area contributed by atoms with Crippen molar-refractivity contribution in [3.8, 4) is 0 Å². The van der Waals surface area contributed by atoms with Gasteiger partial charge in [-0.25, -0.2) is 0 Å². The number of nitrogens with two attached hydrogens (primary N) is 1. The van der Waals surface area contributed by atoms with Crippen molar-refractivity contribution in [3.63, 3.8) is 0 Å². The van der Waals surface area contributed by atoms with E-state index in [1.54, 1.807) is 0 Å². The first kappa shape index (κ1) is 12.4. The fraction of sp³-hybridized carbons (Fsp3) is 0.900. The Kier molecular flexibility index (Phi) is 5.01. The van der Waals surface area contributed by atoms with Crippen molar-refractivity contribution < 1.29 is 14.3 Å². The van der Waals surface area contributed by atoms with Crippen LogP contribution in [0.4, 0.5) is 0 Å². The zero-order valence-corrected chi connectivity index (χ0v) is 9.44. The maximum Gasteiger partial charge on any atom is 0.320 e. The van der Waals surface area contributed by atoms with Gasteiger partial charge in [0.05, 0.1) is 25.4 Å². The lowest BCUT2D eigenvalue weighted by molar-refractivity contribution is -0.150. The molecular weight excluding hydrogens is 196 g/mol. The SMILES string of the molecule is CC(C)OC(=O)CN1CCOC(CN)C1. The number of rotatable bonds is 4. The first-order valence-corrected chi connectivity index (χ1v) is 5.35. The highest BCUT2D eigenvalue weighted by Crippen LogP contribution is 2.04. The van der Waals surface area contributed by atoms with Crippen molar-refractivity contribution in [1.82, 2.24) is 4.90 Å². The van der Waals surface area contributed by atoms with Crippen LogP contribution in [-0.4, -0.2) is 55.9 Å². The van der Waals surface area contributed by atoms with Crippen molar-refractivity contribution in [2.75, 3.05) is 32.8 Å². The minimum absolute atomic E-state index is 0.0469. The molecule has 15 heavy (non-hydrogen) atoms. The van der Waals surface area contributed by atoms with Crippen molar-refractivity contribution >= 4 is 5.97 Å². The molecule has 5 heteroatoms. The quantitative estimate of drug-likeness (QED) is 0.648. The Hall–Kier alpha value is -0.650. The van der Waals surface area contributed by atoms with Crippen LogP contribution in [-0.2, 0) is 14.3 Å². The largest absolute Gasteiger partial charge is 0.462 e. The molecule has 0 bridgehead atoms. The molecular formula is C10H20N2O3. The van der Waals surface area contributed by atoms with E-state index in [1.165, 1.54) is 0 Å². The van der Waals surface area contributed by atoms with Gasteiger partial charge in [-0.2, -0.15) is 0 Å². The topological polar surface area (TPSA) is 64.8 Å². The second-order valence-corrected chi connectivity index (χ2v) is 4.00. The van der Waals surface area contributed by atoms with E-state index < -0.39 is 0 Å². The van der Waals surface area contributed by atoms with Crippen LogP contribution in [0.3, 0.4) is 0 Å². The lowest BCUT2D eigenvalue weighted by Crippen LogP contribution is -2.47. The Bertz CT molecular complexity index is 209. The second kappa shape index (κ2) is 6.05. The fourth-order valence-electron chi connectivity index (χ4n) is 1.55. The van der Waals surface area contributed by atoms with E-state index in [1.807, 2.05) is 18.7 Å². The molecule has 1 atom stereocenters. The molecule has 2 N–H and O–H groups in total. The molecule has 1 unspecified atom stereocenters. The minimum Gasteiger partial charge on any atom is -0.462 e. The van der Waals surface area contributed by atoms with Crippen LogP contribution in [0, 0.1) is 0 Å². The van der Waals surface area contributed by atoms with E-state index >= 15 is 0 Å². The third-order valence-electron chi connectivity index (χ3n) is 2.21. The number of carbonyl (C=O) groups excluding carboxylic acids is 1. The van der Waals surface area contributed by atoms with Crippen molar-refractivity contribution in [2.24, 2.45) is 5.73 Å². The molecule has 0 aromatic rings. The van der Waals surface area contributed by atoms with Gasteiger partial charge in [-0.05, 0) is 13.8 Å². The number of hydrogen-bond acceptors (Lipinski definition) is 5.